The maximum Gasteiger partial charge on any atom is 0.220 e. The Labute approximate surface area is 112 Å². The second kappa shape index (κ2) is 4.57. The summed E-state index contributed by atoms with van der Waals surface area (Å²) in [5.74, 6) is 1.25. The Balaban J connectivity index is 2.17. The molecule has 1 aliphatic rings. The SMILES string of the molecule is COc1ccc(C2CC(=O)NC2C)c2ccccc12. The molecule has 2 unspecified atom stereocenters. The van der Waals surface area contributed by atoms with Crippen LogP contribution >= 0.6 is 0 Å². The highest BCUT2D eigenvalue weighted by Crippen LogP contribution is 2.36. The van der Waals surface area contributed by atoms with Crippen LogP contribution in [0.25, 0.3) is 10.8 Å². The summed E-state index contributed by atoms with van der Waals surface area (Å²) in [6.07, 6.45) is 0.567. The summed E-state index contributed by atoms with van der Waals surface area (Å²) >= 11 is 0. The van der Waals surface area contributed by atoms with E-state index in [1.54, 1.807) is 7.11 Å². The molecule has 98 valence electrons. The lowest BCUT2D eigenvalue weighted by Crippen LogP contribution is -2.24. The van der Waals surface area contributed by atoms with E-state index in [1.807, 2.05) is 18.2 Å². The molecule has 0 bridgehead atoms. The zero-order valence-corrected chi connectivity index (χ0v) is 11.1. The van der Waals surface area contributed by atoms with Crippen LogP contribution in [-0.4, -0.2) is 19.1 Å². The van der Waals surface area contributed by atoms with Crippen LogP contribution in [-0.2, 0) is 4.79 Å². The van der Waals surface area contributed by atoms with Gasteiger partial charge in [0, 0.05) is 23.8 Å². The van der Waals surface area contributed by atoms with Crippen LogP contribution in [0, 0.1) is 0 Å². The minimum Gasteiger partial charge on any atom is -0.496 e. The maximum absolute atomic E-state index is 11.6. The van der Waals surface area contributed by atoms with Crippen molar-refractivity contribution in [1.82, 2.24) is 5.32 Å². The van der Waals surface area contributed by atoms with Crippen LogP contribution in [0.5, 0.6) is 5.75 Å². The van der Waals surface area contributed by atoms with E-state index < -0.39 is 0 Å². The first-order chi connectivity index (χ1) is 9.20. The molecule has 3 heteroatoms. The molecular formula is C16H17NO2. The van der Waals surface area contributed by atoms with Gasteiger partial charge in [0.15, 0.2) is 0 Å². The number of hydrogen-bond acceptors (Lipinski definition) is 2. The molecule has 2 aromatic carbocycles. The van der Waals surface area contributed by atoms with Crippen molar-refractivity contribution < 1.29 is 9.53 Å². The van der Waals surface area contributed by atoms with Gasteiger partial charge in [-0.25, -0.2) is 0 Å². The van der Waals surface area contributed by atoms with E-state index in [0.717, 1.165) is 11.1 Å². The van der Waals surface area contributed by atoms with Gasteiger partial charge in [0.1, 0.15) is 5.75 Å². The Morgan fingerprint density at radius 3 is 2.53 bits per heavy atom. The molecule has 1 amide bonds. The first-order valence-corrected chi connectivity index (χ1v) is 6.55. The van der Waals surface area contributed by atoms with E-state index in [9.17, 15) is 4.79 Å². The molecule has 0 saturated carbocycles. The number of nitrogens with one attached hydrogen (secondary N) is 1. The van der Waals surface area contributed by atoms with Gasteiger partial charge in [-0.05, 0) is 23.9 Å². The monoisotopic (exact) mass is 255 g/mol. The standard InChI is InChI=1S/C16H17NO2/c1-10-14(9-16(18)17-10)12-7-8-15(19-2)13-6-4-3-5-11(12)13/h3-8,10,14H,9H2,1-2H3,(H,17,18). The molecule has 3 rings (SSSR count). The largest absolute Gasteiger partial charge is 0.496 e. The molecule has 0 aliphatic carbocycles. The van der Waals surface area contributed by atoms with Gasteiger partial charge in [-0.1, -0.05) is 30.3 Å². The number of ether oxygens (including phenoxy) is 1. The summed E-state index contributed by atoms with van der Waals surface area (Å²) in [4.78, 5) is 11.6. The predicted molar refractivity (Wildman–Crippen MR) is 75.5 cm³/mol. The molecule has 1 saturated heterocycles. The minimum atomic E-state index is 0.136. The molecule has 19 heavy (non-hydrogen) atoms. The van der Waals surface area contributed by atoms with Gasteiger partial charge in [-0.15, -0.1) is 0 Å². The lowest BCUT2D eigenvalue weighted by molar-refractivity contribution is -0.119. The Morgan fingerprint density at radius 2 is 1.89 bits per heavy atom. The van der Waals surface area contributed by atoms with Gasteiger partial charge in [-0.2, -0.15) is 0 Å². The molecule has 3 nitrogen and oxygen atoms in total. The third-order valence-corrected chi connectivity index (χ3v) is 3.93. The maximum atomic E-state index is 11.6. The predicted octanol–water partition coefficient (Wildman–Crippen LogP) is 2.84. The van der Waals surface area contributed by atoms with Gasteiger partial charge in [-0.3, -0.25) is 4.79 Å². The van der Waals surface area contributed by atoms with Crippen LogP contribution in [0.15, 0.2) is 36.4 Å². The van der Waals surface area contributed by atoms with E-state index >= 15 is 0 Å². The lowest BCUT2D eigenvalue weighted by atomic mass is 9.88. The minimum absolute atomic E-state index is 0.136. The fraction of sp³-hybridized carbons (Fsp3) is 0.312. The number of carbonyl (C=O) groups is 1. The number of benzene rings is 2. The van der Waals surface area contributed by atoms with Crippen LogP contribution in [0.4, 0.5) is 0 Å². The van der Waals surface area contributed by atoms with Gasteiger partial charge in [0.05, 0.1) is 7.11 Å². The molecule has 0 radical (unpaired) electrons. The Morgan fingerprint density at radius 1 is 1.16 bits per heavy atom. The zero-order chi connectivity index (χ0) is 13.4. The summed E-state index contributed by atoms with van der Waals surface area (Å²) in [5.41, 5.74) is 1.22. The van der Waals surface area contributed by atoms with Gasteiger partial charge in [0.2, 0.25) is 5.91 Å². The Bertz CT molecular complexity index is 636. The molecule has 0 spiro atoms. The molecule has 1 N–H and O–H groups in total. The first-order valence-electron chi connectivity index (χ1n) is 6.55. The van der Waals surface area contributed by atoms with Crippen molar-refractivity contribution in [3.8, 4) is 5.75 Å². The highest BCUT2D eigenvalue weighted by molar-refractivity contribution is 5.92. The summed E-state index contributed by atoms with van der Waals surface area (Å²) in [6, 6.07) is 12.5. The molecular weight excluding hydrogens is 238 g/mol. The number of methoxy groups -OCH3 is 1. The second-order valence-electron chi connectivity index (χ2n) is 5.07. The van der Waals surface area contributed by atoms with E-state index in [-0.39, 0.29) is 17.9 Å². The topological polar surface area (TPSA) is 38.3 Å². The highest BCUT2D eigenvalue weighted by atomic mass is 16.5. The lowest BCUT2D eigenvalue weighted by Gasteiger charge is -2.18. The molecule has 1 aliphatic heterocycles. The summed E-state index contributed by atoms with van der Waals surface area (Å²) in [5, 5.41) is 5.27. The van der Waals surface area contributed by atoms with Crippen molar-refractivity contribution in [2.24, 2.45) is 0 Å². The van der Waals surface area contributed by atoms with Crippen LogP contribution in [0.1, 0.15) is 24.8 Å². The Kier molecular flexibility index (Phi) is 2.90. The molecule has 1 fully saturated rings. The van der Waals surface area contributed by atoms with Crippen molar-refractivity contribution in [1.29, 1.82) is 0 Å². The number of hydrogen-bond donors (Lipinski definition) is 1. The third kappa shape index (κ3) is 1.95. The third-order valence-electron chi connectivity index (χ3n) is 3.93. The van der Waals surface area contributed by atoms with Crippen molar-refractivity contribution >= 4 is 16.7 Å². The van der Waals surface area contributed by atoms with Crippen LogP contribution < -0.4 is 10.1 Å². The quantitative estimate of drug-likeness (QED) is 0.896. The van der Waals surface area contributed by atoms with E-state index in [1.165, 1.54) is 10.9 Å². The van der Waals surface area contributed by atoms with Crippen molar-refractivity contribution in [3.63, 3.8) is 0 Å². The van der Waals surface area contributed by atoms with Crippen molar-refractivity contribution in [2.45, 2.75) is 25.3 Å². The zero-order valence-electron chi connectivity index (χ0n) is 11.1. The highest BCUT2D eigenvalue weighted by Gasteiger charge is 2.31. The second-order valence-corrected chi connectivity index (χ2v) is 5.07. The van der Waals surface area contributed by atoms with E-state index in [0.29, 0.717) is 6.42 Å². The smallest absolute Gasteiger partial charge is 0.220 e. The van der Waals surface area contributed by atoms with Crippen molar-refractivity contribution in [2.75, 3.05) is 7.11 Å². The number of fused-ring (bicyclic) bond motifs is 1. The average Bonchev–Trinajstić information content (AvgIpc) is 2.76. The van der Waals surface area contributed by atoms with E-state index in [2.05, 4.69) is 30.4 Å². The van der Waals surface area contributed by atoms with Gasteiger partial charge < -0.3 is 10.1 Å². The fourth-order valence-electron chi connectivity index (χ4n) is 2.97. The number of carbonyl (C=O) groups excluding carboxylic acids is 1. The summed E-state index contributed by atoms with van der Waals surface area (Å²) < 4.78 is 5.41. The van der Waals surface area contributed by atoms with Crippen LogP contribution in [0.2, 0.25) is 0 Å². The average molecular weight is 255 g/mol. The molecule has 0 aromatic heterocycles. The number of amides is 1. The van der Waals surface area contributed by atoms with Crippen LogP contribution in [0.3, 0.4) is 0 Å². The molecule has 2 atom stereocenters. The van der Waals surface area contributed by atoms with E-state index in [4.69, 9.17) is 4.74 Å². The summed E-state index contributed by atoms with van der Waals surface area (Å²) in [6.45, 7) is 2.06. The molecule has 1 heterocycles. The number of rotatable bonds is 2. The molecule has 2 aromatic rings. The van der Waals surface area contributed by atoms with Crippen molar-refractivity contribution in [3.05, 3.63) is 42.0 Å². The summed E-state index contributed by atoms with van der Waals surface area (Å²) in [7, 11) is 1.69. The normalized spacial score (nSPS) is 22.5. The van der Waals surface area contributed by atoms with Gasteiger partial charge >= 0.3 is 0 Å². The Hall–Kier alpha value is -2.03. The first kappa shape index (κ1) is 12.0. The van der Waals surface area contributed by atoms with Gasteiger partial charge in [0.25, 0.3) is 0 Å². The fourth-order valence-corrected chi connectivity index (χ4v) is 2.97.